The average Bonchev–Trinajstić information content (AvgIpc) is 2.61. The molecule has 5 heteroatoms. The topological polar surface area (TPSA) is 50.5 Å². The lowest BCUT2D eigenvalue weighted by atomic mass is 9.90. The van der Waals surface area contributed by atoms with Gasteiger partial charge in [0.15, 0.2) is 0 Å². The molecule has 4 nitrogen and oxygen atoms in total. The van der Waals surface area contributed by atoms with Crippen molar-refractivity contribution in [3.05, 3.63) is 23.5 Å². The van der Waals surface area contributed by atoms with Gasteiger partial charge in [0.2, 0.25) is 0 Å². The highest BCUT2D eigenvalue weighted by Crippen LogP contribution is 2.29. The number of likely N-dealkylation sites (tertiary alicyclic amines) is 1. The quantitative estimate of drug-likeness (QED) is 0.791. The third-order valence-corrected chi connectivity index (χ3v) is 5.78. The van der Waals surface area contributed by atoms with Gasteiger partial charge < -0.3 is 20.7 Å². The van der Waals surface area contributed by atoms with Crippen LogP contribution in [0, 0.1) is 12.7 Å². The molecule has 3 N–H and O–H groups in total. The van der Waals surface area contributed by atoms with Crippen LogP contribution in [0.4, 0.5) is 15.8 Å². The van der Waals surface area contributed by atoms with Gasteiger partial charge in [0.25, 0.3) is 0 Å². The maximum Gasteiger partial charge on any atom is 0.128 e. The smallest absolute Gasteiger partial charge is 0.128 e. The molecule has 2 aliphatic rings. The Kier molecular flexibility index (Phi) is 6.18. The summed E-state index contributed by atoms with van der Waals surface area (Å²) in [6.07, 6.45) is 7.61. The molecule has 0 radical (unpaired) electrons. The van der Waals surface area contributed by atoms with Gasteiger partial charge in [-0.2, -0.15) is 0 Å². The lowest BCUT2D eigenvalue weighted by molar-refractivity contribution is 0.00994. The van der Waals surface area contributed by atoms with E-state index in [1.165, 1.54) is 31.7 Å². The van der Waals surface area contributed by atoms with Crippen LogP contribution in [0.3, 0.4) is 0 Å². The second kappa shape index (κ2) is 8.37. The second-order valence-electron chi connectivity index (χ2n) is 7.53. The van der Waals surface area contributed by atoms with Crippen molar-refractivity contribution in [1.82, 2.24) is 4.90 Å². The first-order valence-corrected chi connectivity index (χ1v) is 9.74. The van der Waals surface area contributed by atoms with Gasteiger partial charge in [0.1, 0.15) is 5.82 Å². The number of piperidine rings is 1. The Bertz CT molecular complexity index is 564. The van der Waals surface area contributed by atoms with E-state index in [0.717, 1.165) is 44.3 Å². The Morgan fingerprint density at radius 1 is 1.16 bits per heavy atom. The predicted octanol–water partition coefficient (Wildman–Crippen LogP) is 3.94. The number of hydrogen-bond donors (Lipinski definition) is 2. The van der Waals surface area contributed by atoms with E-state index >= 15 is 0 Å². The SMILES string of the molecule is CCOC1CCC(N2CCC(Nc3cc(C)c(F)cc3N)CC2)CC1. The summed E-state index contributed by atoms with van der Waals surface area (Å²) in [4.78, 5) is 2.65. The van der Waals surface area contributed by atoms with Crippen molar-refractivity contribution < 1.29 is 9.13 Å². The van der Waals surface area contributed by atoms with Crippen LogP contribution in [0.2, 0.25) is 0 Å². The van der Waals surface area contributed by atoms with Crippen LogP contribution in [0.25, 0.3) is 0 Å². The molecule has 0 unspecified atom stereocenters. The van der Waals surface area contributed by atoms with Gasteiger partial charge in [0.05, 0.1) is 17.5 Å². The Morgan fingerprint density at radius 2 is 1.84 bits per heavy atom. The zero-order chi connectivity index (χ0) is 17.8. The monoisotopic (exact) mass is 349 g/mol. The summed E-state index contributed by atoms with van der Waals surface area (Å²) in [6.45, 7) is 6.95. The number of nitrogens with one attached hydrogen (secondary N) is 1. The third kappa shape index (κ3) is 4.64. The number of ether oxygens (including phenoxy) is 1. The normalized spacial score (nSPS) is 25.9. The lowest BCUT2D eigenvalue weighted by Gasteiger charge is -2.41. The number of nitrogens with two attached hydrogens (primary N) is 1. The van der Waals surface area contributed by atoms with Crippen molar-refractivity contribution in [2.45, 2.75) is 70.6 Å². The van der Waals surface area contributed by atoms with Crippen molar-refractivity contribution in [2.75, 3.05) is 30.7 Å². The highest BCUT2D eigenvalue weighted by molar-refractivity contribution is 5.67. The molecule has 1 heterocycles. The Hall–Kier alpha value is -1.33. The molecular formula is C20H32FN3O. The van der Waals surface area contributed by atoms with Crippen LogP contribution in [-0.2, 0) is 4.74 Å². The van der Waals surface area contributed by atoms with Crippen molar-refractivity contribution >= 4 is 11.4 Å². The number of benzene rings is 1. The zero-order valence-corrected chi connectivity index (χ0v) is 15.6. The number of aryl methyl sites for hydroxylation is 1. The number of anilines is 2. The molecular weight excluding hydrogens is 317 g/mol. The summed E-state index contributed by atoms with van der Waals surface area (Å²) < 4.78 is 19.3. The van der Waals surface area contributed by atoms with E-state index in [-0.39, 0.29) is 5.82 Å². The van der Waals surface area contributed by atoms with Crippen molar-refractivity contribution in [3.63, 3.8) is 0 Å². The maximum atomic E-state index is 13.5. The molecule has 0 spiro atoms. The van der Waals surface area contributed by atoms with Crippen molar-refractivity contribution in [1.29, 1.82) is 0 Å². The number of halogens is 1. The molecule has 1 saturated carbocycles. The molecule has 1 aromatic carbocycles. The summed E-state index contributed by atoms with van der Waals surface area (Å²) in [5.41, 5.74) is 7.97. The van der Waals surface area contributed by atoms with Gasteiger partial charge >= 0.3 is 0 Å². The summed E-state index contributed by atoms with van der Waals surface area (Å²) in [7, 11) is 0. The molecule has 1 aliphatic carbocycles. The molecule has 0 atom stereocenters. The summed E-state index contributed by atoms with van der Waals surface area (Å²) in [5, 5.41) is 3.53. The number of nitrogen functional groups attached to an aromatic ring is 1. The largest absolute Gasteiger partial charge is 0.397 e. The van der Waals surface area contributed by atoms with E-state index in [1.807, 2.05) is 6.07 Å². The lowest BCUT2D eigenvalue weighted by Crippen LogP contribution is -2.46. The zero-order valence-electron chi connectivity index (χ0n) is 15.6. The standard InChI is InChI=1S/C20H32FN3O/c1-3-25-17-6-4-16(5-7-17)24-10-8-15(9-11-24)23-20-12-14(2)18(21)13-19(20)22/h12-13,15-17,23H,3-11,22H2,1-2H3. The first kappa shape index (κ1) is 18.5. The minimum absolute atomic E-state index is 0.236. The average molecular weight is 349 g/mol. The molecule has 25 heavy (non-hydrogen) atoms. The molecule has 1 saturated heterocycles. The van der Waals surface area contributed by atoms with Gasteiger partial charge in [-0.1, -0.05) is 0 Å². The molecule has 2 fully saturated rings. The van der Waals surface area contributed by atoms with E-state index in [1.54, 1.807) is 6.92 Å². The Labute approximate surface area is 150 Å². The number of hydrogen-bond acceptors (Lipinski definition) is 4. The molecule has 0 amide bonds. The highest BCUT2D eigenvalue weighted by Gasteiger charge is 2.29. The van der Waals surface area contributed by atoms with Gasteiger partial charge in [-0.15, -0.1) is 0 Å². The van der Waals surface area contributed by atoms with Crippen LogP contribution in [-0.4, -0.2) is 42.8 Å². The first-order chi connectivity index (χ1) is 12.1. The minimum atomic E-state index is -0.236. The Morgan fingerprint density at radius 3 is 2.48 bits per heavy atom. The summed E-state index contributed by atoms with van der Waals surface area (Å²) in [5.74, 6) is -0.236. The molecule has 140 valence electrons. The summed E-state index contributed by atoms with van der Waals surface area (Å²) >= 11 is 0. The molecule has 3 rings (SSSR count). The van der Waals surface area contributed by atoms with E-state index in [2.05, 4.69) is 17.1 Å². The number of nitrogens with zero attached hydrogens (tertiary/aromatic N) is 1. The van der Waals surface area contributed by atoms with Gasteiger partial charge in [-0.3, -0.25) is 0 Å². The van der Waals surface area contributed by atoms with E-state index < -0.39 is 0 Å². The van der Waals surface area contributed by atoms with Crippen LogP contribution in [0.15, 0.2) is 12.1 Å². The fraction of sp³-hybridized carbons (Fsp3) is 0.700. The molecule has 1 aliphatic heterocycles. The number of rotatable bonds is 5. The van der Waals surface area contributed by atoms with Crippen LogP contribution >= 0.6 is 0 Å². The van der Waals surface area contributed by atoms with E-state index in [4.69, 9.17) is 10.5 Å². The third-order valence-electron chi connectivity index (χ3n) is 5.78. The second-order valence-corrected chi connectivity index (χ2v) is 7.53. The first-order valence-electron chi connectivity index (χ1n) is 9.74. The van der Waals surface area contributed by atoms with Gasteiger partial charge in [0, 0.05) is 31.8 Å². The van der Waals surface area contributed by atoms with E-state index in [9.17, 15) is 4.39 Å². The van der Waals surface area contributed by atoms with Crippen molar-refractivity contribution in [3.8, 4) is 0 Å². The molecule has 1 aromatic rings. The fourth-order valence-corrected chi connectivity index (χ4v) is 4.26. The van der Waals surface area contributed by atoms with Crippen LogP contribution in [0.1, 0.15) is 51.0 Å². The maximum absolute atomic E-state index is 13.5. The fourth-order valence-electron chi connectivity index (χ4n) is 4.26. The summed E-state index contributed by atoms with van der Waals surface area (Å²) in [6, 6.07) is 4.38. The highest BCUT2D eigenvalue weighted by atomic mass is 19.1. The molecule has 0 bridgehead atoms. The molecule has 0 aromatic heterocycles. The Balaban J connectivity index is 1.47. The van der Waals surface area contributed by atoms with Crippen molar-refractivity contribution in [2.24, 2.45) is 0 Å². The van der Waals surface area contributed by atoms with Gasteiger partial charge in [-0.25, -0.2) is 4.39 Å². The predicted molar refractivity (Wildman–Crippen MR) is 101 cm³/mol. The van der Waals surface area contributed by atoms with Crippen LogP contribution in [0.5, 0.6) is 0 Å². The van der Waals surface area contributed by atoms with E-state index in [0.29, 0.717) is 23.4 Å². The van der Waals surface area contributed by atoms with Crippen LogP contribution < -0.4 is 11.1 Å². The van der Waals surface area contributed by atoms with Gasteiger partial charge in [-0.05, 0) is 70.1 Å². The minimum Gasteiger partial charge on any atom is -0.397 e.